The number of hydrogen-bond donors (Lipinski definition) is 1. The maximum Gasteiger partial charge on any atom is 0.416 e. The van der Waals surface area contributed by atoms with Crippen molar-refractivity contribution in [1.82, 2.24) is 14.5 Å². The SMILES string of the molecule is CN(Cc1ccc(C(F)(F)F)cc1)C(=O)NCc1ccccc1S(=O)(=O)N(C)C. The van der Waals surface area contributed by atoms with Gasteiger partial charge in [0.2, 0.25) is 10.0 Å². The fourth-order valence-electron chi connectivity index (χ4n) is 2.55. The van der Waals surface area contributed by atoms with E-state index in [9.17, 15) is 26.4 Å². The zero-order valence-electron chi connectivity index (χ0n) is 16.2. The van der Waals surface area contributed by atoms with Crippen molar-refractivity contribution in [3.8, 4) is 0 Å². The van der Waals surface area contributed by atoms with Crippen molar-refractivity contribution in [2.24, 2.45) is 0 Å². The number of alkyl halides is 3. The van der Waals surface area contributed by atoms with E-state index < -0.39 is 27.8 Å². The monoisotopic (exact) mass is 429 g/mol. The van der Waals surface area contributed by atoms with Gasteiger partial charge in [-0.2, -0.15) is 13.2 Å². The number of carbonyl (C=O) groups is 1. The van der Waals surface area contributed by atoms with Gasteiger partial charge in [0, 0.05) is 34.2 Å². The molecule has 158 valence electrons. The number of sulfonamides is 1. The molecule has 2 aromatic carbocycles. The molecule has 0 saturated heterocycles. The van der Waals surface area contributed by atoms with E-state index in [1.807, 2.05) is 0 Å². The van der Waals surface area contributed by atoms with Crippen molar-refractivity contribution in [2.75, 3.05) is 21.1 Å². The molecule has 6 nitrogen and oxygen atoms in total. The van der Waals surface area contributed by atoms with E-state index in [-0.39, 0.29) is 18.0 Å². The van der Waals surface area contributed by atoms with Crippen LogP contribution in [-0.2, 0) is 29.3 Å². The minimum Gasteiger partial charge on any atom is -0.334 e. The summed E-state index contributed by atoms with van der Waals surface area (Å²) in [6.07, 6.45) is -4.41. The second kappa shape index (κ2) is 8.83. The smallest absolute Gasteiger partial charge is 0.334 e. The summed E-state index contributed by atoms with van der Waals surface area (Å²) in [5, 5.41) is 2.63. The third kappa shape index (κ3) is 5.70. The first kappa shape index (κ1) is 22.7. The molecule has 0 heterocycles. The Bertz CT molecular complexity index is 959. The van der Waals surface area contributed by atoms with Crippen LogP contribution in [0, 0.1) is 0 Å². The summed E-state index contributed by atoms with van der Waals surface area (Å²) in [5.41, 5.74) is 0.204. The summed E-state index contributed by atoms with van der Waals surface area (Å²) in [5.74, 6) is 0. The van der Waals surface area contributed by atoms with Crippen LogP contribution in [0.1, 0.15) is 16.7 Å². The molecule has 29 heavy (non-hydrogen) atoms. The molecule has 0 bridgehead atoms. The van der Waals surface area contributed by atoms with Crippen LogP contribution in [0.5, 0.6) is 0 Å². The Morgan fingerprint density at radius 2 is 1.59 bits per heavy atom. The van der Waals surface area contributed by atoms with Gasteiger partial charge in [-0.3, -0.25) is 0 Å². The Hall–Kier alpha value is -2.59. The van der Waals surface area contributed by atoms with Crippen LogP contribution in [0.15, 0.2) is 53.4 Å². The highest BCUT2D eigenvalue weighted by molar-refractivity contribution is 7.89. The van der Waals surface area contributed by atoms with Gasteiger partial charge >= 0.3 is 12.2 Å². The molecular weight excluding hydrogens is 407 g/mol. The molecule has 10 heteroatoms. The van der Waals surface area contributed by atoms with Crippen molar-refractivity contribution >= 4 is 16.1 Å². The van der Waals surface area contributed by atoms with Gasteiger partial charge in [0.1, 0.15) is 0 Å². The fourth-order valence-corrected chi connectivity index (χ4v) is 3.66. The van der Waals surface area contributed by atoms with Crippen molar-refractivity contribution in [3.63, 3.8) is 0 Å². The molecule has 0 radical (unpaired) electrons. The van der Waals surface area contributed by atoms with Crippen molar-refractivity contribution in [3.05, 3.63) is 65.2 Å². The Morgan fingerprint density at radius 1 is 1.00 bits per heavy atom. The summed E-state index contributed by atoms with van der Waals surface area (Å²) in [7, 11) is 0.670. The van der Waals surface area contributed by atoms with Crippen LogP contribution in [0.3, 0.4) is 0 Å². The number of benzene rings is 2. The van der Waals surface area contributed by atoms with E-state index in [2.05, 4.69) is 5.32 Å². The normalized spacial score (nSPS) is 12.1. The lowest BCUT2D eigenvalue weighted by Crippen LogP contribution is -2.36. The highest BCUT2D eigenvalue weighted by Crippen LogP contribution is 2.29. The molecule has 0 aromatic heterocycles. The first-order valence-corrected chi connectivity index (χ1v) is 10.0. The zero-order valence-corrected chi connectivity index (χ0v) is 17.0. The molecule has 2 rings (SSSR count). The van der Waals surface area contributed by atoms with Crippen LogP contribution >= 0.6 is 0 Å². The average molecular weight is 429 g/mol. The molecule has 2 aromatic rings. The topological polar surface area (TPSA) is 69.7 Å². The van der Waals surface area contributed by atoms with E-state index in [0.717, 1.165) is 16.4 Å². The lowest BCUT2D eigenvalue weighted by atomic mass is 10.1. The molecule has 0 spiro atoms. The van der Waals surface area contributed by atoms with Crippen molar-refractivity contribution in [1.29, 1.82) is 0 Å². The largest absolute Gasteiger partial charge is 0.416 e. The highest BCUT2D eigenvalue weighted by atomic mass is 32.2. The maximum atomic E-state index is 12.6. The number of hydrogen-bond acceptors (Lipinski definition) is 3. The molecule has 1 N–H and O–H groups in total. The van der Waals surface area contributed by atoms with Gasteiger partial charge in [-0.05, 0) is 29.3 Å². The van der Waals surface area contributed by atoms with Crippen LogP contribution < -0.4 is 5.32 Å². The van der Waals surface area contributed by atoms with Crippen LogP contribution in [0.4, 0.5) is 18.0 Å². The summed E-state index contributed by atoms with van der Waals surface area (Å²) in [6, 6.07) is 10.4. The number of carbonyl (C=O) groups excluding carboxylic acids is 1. The van der Waals surface area contributed by atoms with Gasteiger partial charge in [-0.25, -0.2) is 17.5 Å². The quantitative estimate of drug-likeness (QED) is 0.766. The Labute approximate surface area is 168 Å². The van der Waals surface area contributed by atoms with Gasteiger partial charge in [-0.15, -0.1) is 0 Å². The summed E-state index contributed by atoms with van der Waals surface area (Å²) in [4.78, 5) is 13.7. The number of urea groups is 1. The molecule has 0 aliphatic carbocycles. The predicted octanol–water partition coefficient (Wildman–Crippen LogP) is 3.30. The number of amides is 2. The maximum absolute atomic E-state index is 12.6. The van der Waals surface area contributed by atoms with Crippen molar-refractivity contribution < 1.29 is 26.4 Å². The second-order valence-electron chi connectivity index (χ2n) is 6.60. The predicted molar refractivity (Wildman–Crippen MR) is 102 cm³/mol. The molecular formula is C19H22F3N3O3S. The van der Waals surface area contributed by atoms with Crippen LogP contribution in [0.25, 0.3) is 0 Å². The van der Waals surface area contributed by atoms with Crippen LogP contribution in [0.2, 0.25) is 0 Å². The summed E-state index contributed by atoms with van der Waals surface area (Å²) < 4.78 is 63.7. The van der Waals surface area contributed by atoms with E-state index in [1.54, 1.807) is 18.2 Å². The molecule has 2 amide bonds. The van der Waals surface area contributed by atoms with Crippen molar-refractivity contribution in [2.45, 2.75) is 24.2 Å². The molecule has 0 aliphatic rings. The van der Waals surface area contributed by atoms with Gasteiger partial charge in [-0.1, -0.05) is 30.3 Å². The lowest BCUT2D eigenvalue weighted by molar-refractivity contribution is -0.137. The molecule has 0 unspecified atom stereocenters. The number of halogens is 3. The van der Waals surface area contributed by atoms with Crippen LogP contribution in [-0.4, -0.2) is 44.8 Å². The van der Waals surface area contributed by atoms with Gasteiger partial charge in [0.15, 0.2) is 0 Å². The molecule has 0 fully saturated rings. The number of rotatable bonds is 6. The molecule has 0 saturated carbocycles. The van der Waals surface area contributed by atoms with Gasteiger partial charge in [0.05, 0.1) is 10.5 Å². The minimum atomic E-state index is -4.41. The number of nitrogens with zero attached hydrogens (tertiary/aromatic N) is 2. The Balaban J connectivity index is 2.03. The standard InChI is InChI=1S/C19H22F3N3O3S/c1-24(2)29(27,28)17-7-5-4-6-15(17)12-23-18(26)25(3)13-14-8-10-16(11-9-14)19(20,21)22/h4-11H,12-13H2,1-3H3,(H,23,26). The first-order valence-electron chi connectivity index (χ1n) is 8.58. The summed E-state index contributed by atoms with van der Waals surface area (Å²) >= 11 is 0. The molecule has 0 atom stereocenters. The Morgan fingerprint density at radius 3 is 2.14 bits per heavy atom. The summed E-state index contributed by atoms with van der Waals surface area (Å²) in [6.45, 7) is 0.0844. The van der Waals surface area contributed by atoms with Gasteiger partial charge < -0.3 is 10.2 Å². The molecule has 0 aliphatic heterocycles. The van der Waals surface area contributed by atoms with E-state index in [0.29, 0.717) is 11.1 Å². The van der Waals surface area contributed by atoms with E-state index >= 15 is 0 Å². The first-order chi connectivity index (χ1) is 13.4. The minimum absolute atomic E-state index is 0.0145. The Kier molecular flexibility index (Phi) is 6.91. The third-order valence-electron chi connectivity index (χ3n) is 4.21. The highest BCUT2D eigenvalue weighted by Gasteiger charge is 2.30. The van der Waals surface area contributed by atoms with E-state index in [4.69, 9.17) is 0 Å². The van der Waals surface area contributed by atoms with Gasteiger partial charge in [0.25, 0.3) is 0 Å². The zero-order chi connectivity index (χ0) is 21.8. The fraction of sp³-hybridized carbons (Fsp3) is 0.316. The second-order valence-corrected chi connectivity index (χ2v) is 8.72. The third-order valence-corrected chi connectivity index (χ3v) is 6.12. The number of nitrogens with one attached hydrogen (secondary N) is 1. The lowest BCUT2D eigenvalue weighted by Gasteiger charge is -2.20. The van der Waals surface area contributed by atoms with E-state index in [1.165, 1.54) is 44.2 Å². The average Bonchev–Trinajstić information content (AvgIpc) is 2.65.